The highest BCUT2D eigenvalue weighted by atomic mass is 16.5. The van der Waals surface area contributed by atoms with Crippen molar-refractivity contribution in [1.29, 1.82) is 0 Å². The van der Waals surface area contributed by atoms with E-state index < -0.39 is 0 Å². The van der Waals surface area contributed by atoms with Crippen LogP contribution in [0, 0.1) is 6.92 Å². The number of anilines is 3. The van der Waals surface area contributed by atoms with Gasteiger partial charge in [-0.3, -0.25) is 4.79 Å². The number of fused-ring (bicyclic) bond motifs is 1. The maximum atomic E-state index is 13.7. The van der Waals surface area contributed by atoms with Crippen LogP contribution in [0.3, 0.4) is 0 Å². The maximum absolute atomic E-state index is 13.7. The number of nitrogen functional groups attached to an aromatic ring is 1. The third-order valence-corrected chi connectivity index (χ3v) is 6.73. The van der Waals surface area contributed by atoms with Crippen molar-refractivity contribution in [2.75, 3.05) is 56.0 Å². The van der Waals surface area contributed by atoms with Crippen LogP contribution in [0.4, 0.5) is 17.2 Å². The van der Waals surface area contributed by atoms with Crippen LogP contribution in [0.1, 0.15) is 15.9 Å². The molecule has 2 heterocycles. The Hall–Kier alpha value is -4.10. The lowest BCUT2D eigenvalue weighted by molar-refractivity contribution is 0.0993. The first-order valence-electron chi connectivity index (χ1n) is 12.0. The minimum Gasteiger partial charge on any atom is -0.497 e. The van der Waals surface area contributed by atoms with Gasteiger partial charge in [0, 0.05) is 36.8 Å². The Morgan fingerprint density at radius 2 is 1.81 bits per heavy atom. The number of aryl methyl sites for hydroxylation is 1. The van der Waals surface area contributed by atoms with Gasteiger partial charge in [0.05, 0.1) is 31.5 Å². The number of nitrogens with zero attached hydrogens (tertiary/aromatic N) is 3. The van der Waals surface area contributed by atoms with Crippen LogP contribution in [-0.4, -0.2) is 51.4 Å². The smallest absolute Gasteiger partial charge is 0.258 e. The summed E-state index contributed by atoms with van der Waals surface area (Å²) in [5, 5.41) is 0.980. The number of ether oxygens (including phenoxy) is 2. The molecule has 1 aromatic heterocycles. The molecule has 0 atom stereocenters. The third-order valence-electron chi connectivity index (χ3n) is 6.73. The highest BCUT2D eigenvalue weighted by Gasteiger charge is 2.21. The second-order valence-corrected chi connectivity index (χ2v) is 8.96. The second kappa shape index (κ2) is 9.87. The van der Waals surface area contributed by atoms with E-state index in [-0.39, 0.29) is 5.91 Å². The van der Waals surface area contributed by atoms with Gasteiger partial charge in [-0.2, -0.15) is 0 Å². The predicted octanol–water partition coefficient (Wildman–Crippen LogP) is 4.91. The number of hydrogen-bond acceptors (Lipinski definition) is 6. The minimum atomic E-state index is -0.0802. The topological polar surface area (TPSA) is 80.9 Å². The minimum absolute atomic E-state index is 0.0802. The SMILES string of the molecule is COc1ccc(N(C)C(=O)c2cccc(C)c2-c2ccc3nc(N)c(N4CCOCC4)cc3c2)cc1. The van der Waals surface area contributed by atoms with Gasteiger partial charge in [0.2, 0.25) is 0 Å². The number of amides is 1. The summed E-state index contributed by atoms with van der Waals surface area (Å²) in [6, 6.07) is 21.5. The summed E-state index contributed by atoms with van der Waals surface area (Å²) in [6.07, 6.45) is 0. The molecule has 0 radical (unpaired) electrons. The van der Waals surface area contributed by atoms with E-state index in [9.17, 15) is 4.79 Å². The lowest BCUT2D eigenvalue weighted by atomic mass is 9.93. The van der Waals surface area contributed by atoms with Crippen LogP contribution in [0.15, 0.2) is 66.7 Å². The monoisotopic (exact) mass is 482 g/mol. The van der Waals surface area contributed by atoms with E-state index >= 15 is 0 Å². The lowest BCUT2D eigenvalue weighted by Gasteiger charge is -2.29. The van der Waals surface area contributed by atoms with Gasteiger partial charge in [-0.25, -0.2) is 4.98 Å². The molecule has 0 saturated carbocycles. The van der Waals surface area contributed by atoms with Crippen molar-refractivity contribution in [2.24, 2.45) is 0 Å². The first-order valence-corrected chi connectivity index (χ1v) is 12.0. The van der Waals surface area contributed by atoms with Crippen molar-refractivity contribution in [3.63, 3.8) is 0 Å². The zero-order chi connectivity index (χ0) is 25.2. The molecule has 1 aliphatic heterocycles. The Morgan fingerprint density at radius 3 is 2.53 bits per heavy atom. The van der Waals surface area contributed by atoms with Crippen LogP contribution < -0.4 is 20.3 Å². The van der Waals surface area contributed by atoms with Crippen molar-refractivity contribution in [2.45, 2.75) is 6.92 Å². The molecule has 4 aromatic rings. The molecular weight excluding hydrogens is 452 g/mol. The number of hydrogen-bond donors (Lipinski definition) is 1. The number of pyridine rings is 1. The molecule has 5 rings (SSSR count). The molecule has 7 heteroatoms. The van der Waals surface area contributed by atoms with Crippen LogP contribution in [0.25, 0.3) is 22.0 Å². The molecule has 0 bridgehead atoms. The molecule has 1 amide bonds. The summed E-state index contributed by atoms with van der Waals surface area (Å²) >= 11 is 0. The van der Waals surface area contributed by atoms with Crippen molar-refractivity contribution in [1.82, 2.24) is 4.98 Å². The summed E-state index contributed by atoms with van der Waals surface area (Å²) in [5.74, 6) is 1.19. The van der Waals surface area contributed by atoms with Gasteiger partial charge in [0.1, 0.15) is 11.6 Å². The third kappa shape index (κ3) is 4.45. The number of carbonyl (C=O) groups is 1. The van der Waals surface area contributed by atoms with E-state index in [0.717, 1.165) is 57.8 Å². The number of aromatic nitrogens is 1. The van der Waals surface area contributed by atoms with Crippen molar-refractivity contribution >= 4 is 34.0 Å². The summed E-state index contributed by atoms with van der Waals surface area (Å²) in [6.45, 7) is 4.95. The normalized spacial score (nSPS) is 13.6. The highest BCUT2D eigenvalue weighted by molar-refractivity contribution is 6.10. The molecule has 1 aliphatic rings. The average Bonchev–Trinajstić information content (AvgIpc) is 2.92. The molecule has 0 aliphatic carbocycles. The lowest BCUT2D eigenvalue weighted by Crippen LogP contribution is -2.36. The molecule has 3 aromatic carbocycles. The number of carbonyl (C=O) groups excluding carboxylic acids is 1. The predicted molar refractivity (Wildman–Crippen MR) is 145 cm³/mol. The Kier molecular flexibility index (Phi) is 6.48. The summed E-state index contributed by atoms with van der Waals surface area (Å²) in [5.41, 5.74) is 12.4. The second-order valence-electron chi connectivity index (χ2n) is 8.96. The summed E-state index contributed by atoms with van der Waals surface area (Å²) in [7, 11) is 3.41. The van der Waals surface area contributed by atoms with Gasteiger partial charge in [0.15, 0.2) is 0 Å². The number of rotatable bonds is 5. The fourth-order valence-electron chi connectivity index (χ4n) is 4.73. The molecule has 184 valence electrons. The fourth-order valence-corrected chi connectivity index (χ4v) is 4.73. The highest BCUT2D eigenvalue weighted by Crippen LogP contribution is 2.34. The van der Waals surface area contributed by atoms with Crippen LogP contribution in [-0.2, 0) is 4.74 Å². The molecule has 2 N–H and O–H groups in total. The van der Waals surface area contributed by atoms with Gasteiger partial charge in [0.25, 0.3) is 5.91 Å². The molecular formula is C29H30N4O3. The molecule has 36 heavy (non-hydrogen) atoms. The Balaban J connectivity index is 1.55. The van der Waals surface area contributed by atoms with Crippen molar-refractivity contribution in [3.05, 3.63) is 77.9 Å². The fraction of sp³-hybridized carbons (Fsp3) is 0.241. The number of morpholine rings is 1. The molecule has 0 unspecified atom stereocenters. The maximum Gasteiger partial charge on any atom is 0.258 e. The van der Waals surface area contributed by atoms with Gasteiger partial charge in [-0.05, 0) is 72.1 Å². The van der Waals surface area contributed by atoms with E-state index in [1.165, 1.54) is 0 Å². The van der Waals surface area contributed by atoms with Gasteiger partial charge < -0.3 is 25.0 Å². The average molecular weight is 483 g/mol. The molecule has 0 spiro atoms. The quantitative estimate of drug-likeness (QED) is 0.435. The Labute approximate surface area is 211 Å². The van der Waals surface area contributed by atoms with E-state index in [2.05, 4.69) is 22.0 Å². The number of benzene rings is 3. The number of methoxy groups -OCH3 is 1. The van der Waals surface area contributed by atoms with Gasteiger partial charge in [-0.1, -0.05) is 18.2 Å². The van der Waals surface area contributed by atoms with Crippen LogP contribution in [0.5, 0.6) is 5.75 Å². The first-order chi connectivity index (χ1) is 17.5. The van der Waals surface area contributed by atoms with E-state index in [1.54, 1.807) is 19.1 Å². The zero-order valence-electron chi connectivity index (χ0n) is 20.8. The zero-order valence-corrected chi connectivity index (χ0v) is 20.8. The van der Waals surface area contributed by atoms with Gasteiger partial charge in [-0.15, -0.1) is 0 Å². The van der Waals surface area contributed by atoms with Crippen molar-refractivity contribution < 1.29 is 14.3 Å². The largest absolute Gasteiger partial charge is 0.497 e. The standard InChI is InChI=1S/C29H30N4O3/c1-19-5-4-6-24(29(34)32(2)22-8-10-23(35-3)11-9-22)27(19)20-7-12-25-21(17-20)18-26(28(30)31-25)33-13-15-36-16-14-33/h4-12,17-18H,13-16H2,1-3H3,(H2,30,31). The van der Waals surface area contributed by atoms with Crippen LogP contribution in [0.2, 0.25) is 0 Å². The van der Waals surface area contributed by atoms with Crippen LogP contribution >= 0.6 is 0 Å². The van der Waals surface area contributed by atoms with Crippen molar-refractivity contribution in [3.8, 4) is 16.9 Å². The summed E-state index contributed by atoms with van der Waals surface area (Å²) in [4.78, 5) is 22.2. The first kappa shape index (κ1) is 23.6. The Bertz CT molecular complexity index is 1410. The molecule has 1 fully saturated rings. The van der Waals surface area contributed by atoms with Gasteiger partial charge >= 0.3 is 0 Å². The van der Waals surface area contributed by atoms with E-state index in [1.807, 2.05) is 61.5 Å². The van der Waals surface area contributed by atoms with E-state index in [0.29, 0.717) is 24.6 Å². The Morgan fingerprint density at radius 1 is 1.06 bits per heavy atom. The summed E-state index contributed by atoms with van der Waals surface area (Å²) < 4.78 is 10.7. The number of nitrogens with two attached hydrogens (primary N) is 1. The molecule has 1 saturated heterocycles. The molecule has 7 nitrogen and oxygen atoms in total. The van der Waals surface area contributed by atoms with E-state index in [4.69, 9.17) is 15.2 Å².